The predicted octanol–water partition coefficient (Wildman–Crippen LogP) is 2.30. The molecule has 0 amide bonds. The van der Waals surface area contributed by atoms with E-state index in [-0.39, 0.29) is 5.54 Å². The van der Waals surface area contributed by atoms with Gasteiger partial charge in [0.25, 0.3) is 0 Å². The van der Waals surface area contributed by atoms with E-state index in [1.54, 1.807) is 0 Å². The third-order valence-corrected chi connectivity index (χ3v) is 5.62. The number of hydrogen-bond acceptors (Lipinski definition) is 4. The standard InChI is InChI=1S/C17H29N3O/c1-2-9-19-17(13-18)8-3-4-14(17)7-10-20-11-15-5-6-16(12-20)21-15/h14-16,19H,2-12H2,1H3. The Kier molecular flexibility index (Phi) is 4.83. The molecule has 4 atom stereocenters. The van der Waals surface area contributed by atoms with Crippen molar-refractivity contribution in [3.63, 3.8) is 0 Å². The summed E-state index contributed by atoms with van der Waals surface area (Å²) in [6.45, 7) is 6.48. The van der Waals surface area contributed by atoms with Gasteiger partial charge in [0, 0.05) is 13.1 Å². The van der Waals surface area contributed by atoms with Crippen LogP contribution in [0.25, 0.3) is 0 Å². The molecule has 4 heteroatoms. The Hall–Kier alpha value is -0.630. The fourth-order valence-corrected chi connectivity index (χ4v) is 4.46. The Morgan fingerprint density at radius 2 is 2.05 bits per heavy atom. The van der Waals surface area contributed by atoms with Gasteiger partial charge in [-0.25, -0.2) is 0 Å². The van der Waals surface area contributed by atoms with Crippen LogP contribution in [0.15, 0.2) is 0 Å². The van der Waals surface area contributed by atoms with Crippen LogP contribution in [0.2, 0.25) is 0 Å². The minimum Gasteiger partial charge on any atom is -0.372 e. The molecule has 2 aliphatic heterocycles. The summed E-state index contributed by atoms with van der Waals surface area (Å²) in [5.41, 5.74) is -0.249. The zero-order valence-corrected chi connectivity index (χ0v) is 13.3. The molecule has 118 valence electrons. The van der Waals surface area contributed by atoms with Crippen molar-refractivity contribution in [1.29, 1.82) is 5.26 Å². The number of rotatable bonds is 6. The van der Waals surface area contributed by atoms with Gasteiger partial charge in [0.1, 0.15) is 5.54 Å². The Labute approximate surface area is 128 Å². The van der Waals surface area contributed by atoms with Gasteiger partial charge in [0.05, 0.1) is 18.3 Å². The molecule has 0 aromatic rings. The second kappa shape index (κ2) is 6.64. The summed E-state index contributed by atoms with van der Waals surface area (Å²) in [6.07, 6.45) is 9.13. The van der Waals surface area contributed by atoms with Crippen molar-refractivity contribution < 1.29 is 4.74 Å². The Morgan fingerprint density at radius 1 is 1.29 bits per heavy atom. The molecule has 3 rings (SSSR count). The van der Waals surface area contributed by atoms with Crippen molar-refractivity contribution in [3.05, 3.63) is 0 Å². The molecule has 0 spiro atoms. The van der Waals surface area contributed by atoms with E-state index in [4.69, 9.17) is 4.74 Å². The maximum absolute atomic E-state index is 9.70. The van der Waals surface area contributed by atoms with Gasteiger partial charge in [0.15, 0.2) is 0 Å². The first-order valence-electron chi connectivity index (χ1n) is 8.80. The number of likely N-dealkylation sites (tertiary alicyclic amines) is 1. The topological polar surface area (TPSA) is 48.3 Å². The summed E-state index contributed by atoms with van der Waals surface area (Å²) >= 11 is 0. The lowest BCUT2D eigenvalue weighted by Crippen LogP contribution is -2.49. The SMILES string of the molecule is CCCNC1(C#N)CCCC1CCN1CC2CCC(C1)O2. The number of fused-ring (bicyclic) bond motifs is 2. The van der Waals surface area contributed by atoms with E-state index < -0.39 is 0 Å². The molecule has 21 heavy (non-hydrogen) atoms. The van der Waals surface area contributed by atoms with Gasteiger partial charge in [-0.05, 0) is 57.5 Å². The van der Waals surface area contributed by atoms with Crippen molar-refractivity contribution in [2.45, 2.75) is 69.6 Å². The molecular weight excluding hydrogens is 262 g/mol. The third-order valence-electron chi connectivity index (χ3n) is 5.62. The summed E-state index contributed by atoms with van der Waals surface area (Å²) in [6, 6.07) is 2.63. The lowest BCUT2D eigenvalue weighted by Gasteiger charge is -2.35. The predicted molar refractivity (Wildman–Crippen MR) is 82.9 cm³/mol. The number of nitriles is 1. The normalized spacial score (nSPS) is 39.5. The highest BCUT2D eigenvalue weighted by atomic mass is 16.5. The lowest BCUT2D eigenvalue weighted by molar-refractivity contribution is -0.0399. The van der Waals surface area contributed by atoms with Crippen LogP contribution in [0, 0.1) is 17.2 Å². The van der Waals surface area contributed by atoms with Crippen molar-refractivity contribution in [2.75, 3.05) is 26.2 Å². The van der Waals surface area contributed by atoms with Crippen LogP contribution in [0.5, 0.6) is 0 Å². The first-order valence-corrected chi connectivity index (χ1v) is 8.80. The molecule has 1 aliphatic carbocycles. The maximum Gasteiger partial charge on any atom is 0.109 e. The van der Waals surface area contributed by atoms with Crippen molar-refractivity contribution >= 4 is 0 Å². The zero-order chi connectivity index (χ0) is 14.7. The second-order valence-corrected chi connectivity index (χ2v) is 7.10. The number of hydrogen-bond donors (Lipinski definition) is 1. The van der Waals surface area contributed by atoms with E-state index >= 15 is 0 Å². The summed E-state index contributed by atoms with van der Waals surface area (Å²) in [5, 5.41) is 13.3. The van der Waals surface area contributed by atoms with Crippen molar-refractivity contribution in [3.8, 4) is 6.07 Å². The molecule has 0 radical (unpaired) electrons. The lowest BCUT2D eigenvalue weighted by atomic mass is 9.85. The zero-order valence-electron chi connectivity index (χ0n) is 13.3. The smallest absolute Gasteiger partial charge is 0.109 e. The summed E-state index contributed by atoms with van der Waals surface area (Å²) in [7, 11) is 0. The molecule has 3 fully saturated rings. The van der Waals surface area contributed by atoms with Crippen LogP contribution in [-0.4, -0.2) is 48.8 Å². The highest BCUT2D eigenvalue weighted by Crippen LogP contribution is 2.38. The van der Waals surface area contributed by atoms with E-state index in [1.807, 2.05) is 0 Å². The number of ether oxygens (including phenoxy) is 1. The third kappa shape index (κ3) is 3.26. The van der Waals surface area contributed by atoms with Gasteiger partial charge < -0.3 is 4.74 Å². The molecule has 3 aliphatic rings. The second-order valence-electron chi connectivity index (χ2n) is 7.10. The van der Waals surface area contributed by atoms with E-state index in [2.05, 4.69) is 23.2 Å². The van der Waals surface area contributed by atoms with E-state index in [0.717, 1.165) is 45.4 Å². The van der Waals surface area contributed by atoms with Crippen LogP contribution in [-0.2, 0) is 4.74 Å². The molecule has 4 nitrogen and oxygen atoms in total. The van der Waals surface area contributed by atoms with E-state index in [1.165, 1.54) is 25.7 Å². The summed E-state index contributed by atoms with van der Waals surface area (Å²) < 4.78 is 5.91. The number of nitrogens with one attached hydrogen (secondary N) is 1. The first kappa shape index (κ1) is 15.3. The molecule has 2 heterocycles. The van der Waals surface area contributed by atoms with Crippen LogP contribution in [0.3, 0.4) is 0 Å². The fourth-order valence-electron chi connectivity index (χ4n) is 4.46. The van der Waals surface area contributed by atoms with Gasteiger partial charge >= 0.3 is 0 Å². The Morgan fingerprint density at radius 3 is 2.71 bits per heavy atom. The fraction of sp³-hybridized carbons (Fsp3) is 0.941. The molecule has 0 aromatic heterocycles. The highest BCUT2D eigenvalue weighted by Gasteiger charge is 2.43. The maximum atomic E-state index is 9.70. The van der Waals surface area contributed by atoms with Crippen LogP contribution in [0.1, 0.15) is 51.9 Å². The number of morpholine rings is 1. The summed E-state index contributed by atoms with van der Waals surface area (Å²) in [4.78, 5) is 2.58. The van der Waals surface area contributed by atoms with Gasteiger partial charge in [-0.1, -0.05) is 13.3 Å². The van der Waals surface area contributed by atoms with Crippen molar-refractivity contribution in [1.82, 2.24) is 10.2 Å². The van der Waals surface area contributed by atoms with Gasteiger partial charge in [-0.2, -0.15) is 5.26 Å². The Balaban J connectivity index is 1.53. The molecule has 2 saturated heterocycles. The van der Waals surface area contributed by atoms with Crippen molar-refractivity contribution in [2.24, 2.45) is 5.92 Å². The molecule has 4 unspecified atom stereocenters. The molecule has 1 saturated carbocycles. The van der Waals surface area contributed by atoms with Gasteiger partial charge in [-0.15, -0.1) is 0 Å². The van der Waals surface area contributed by atoms with Gasteiger partial charge in [-0.3, -0.25) is 10.2 Å². The van der Waals surface area contributed by atoms with E-state index in [9.17, 15) is 5.26 Å². The van der Waals surface area contributed by atoms with E-state index in [0.29, 0.717) is 18.1 Å². The Bertz CT molecular complexity index is 382. The average Bonchev–Trinajstić information content (AvgIpc) is 3.06. The molecule has 1 N–H and O–H groups in total. The molecule has 2 bridgehead atoms. The van der Waals surface area contributed by atoms with Gasteiger partial charge in [0.2, 0.25) is 0 Å². The first-order chi connectivity index (χ1) is 10.3. The summed E-state index contributed by atoms with van der Waals surface area (Å²) in [5.74, 6) is 0.523. The average molecular weight is 291 g/mol. The van der Waals surface area contributed by atoms with Crippen LogP contribution in [0.4, 0.5) is 0 Å². The largest absolute Gasteiger partial charge is 0.372 e. The quantitative estimate of drug-likeness (QED) is 0.816. The molecule has 0 aromatic carbocycles. The highest BCUT2D eigenvalue weighted by molar-refractivity contribution is 5.14. The molecular formula is C17H29N3O. The number of nitrogens with zero attached hydrogens (tertiary/aromatic N) is 2. The minimum atomic E-state index is -0.249. The van der Waals surface area contributed by atoms with Crippen LogP contribution >= 0.6 is 0 Å². The minimum absolute atomic E-state index is 0.249. The monoisotopic (exact) mass is 291 g/mol. The van der Waals surface area contributed by atoms with Crippen LogP contribution < -0.4 is 5.32 Å².